The monoisotopic (exact) mass is 401 g/mol. The van der Waals surface area contributed by atoms with Crippen molar-refractivity contribution in [2.45, 2.75) is 31.3 Å². The zero-order chi connectivity index (χ0) is 18.6. The van der Waals surface area contributed by atoms with E-state index in [2.05, 4.69) is 15.5 Å². The minimum Gasteiger partial charge on any atom is -0.376 e. The van der Waals surface area contributed by atoms with Crippen molar-refractivity contribution in [3.63, 3.8) is 0 Å². The van der Waals surface area contributed by atoms with E-state index in [1.165, 1.54) is 11.3 Å². The number of thiophene rings is 1. The number of ether oxygens (including phenoxy) is 1. The molecule has 0 bridgehead atoms. The standard InChI is InChI=1S/C19H19N3O3S2/c1-12-20-18(25-22-12)17-14-7-9-24-11-15(14)27-19(17)21-16(23)8-10-26-13-5-3-2-4-6-13/h2-6H,7-11H2,1H3,(H,21,23). The van der Waals surface area contributed by atoms with Crippen LogP contribution >= 0.6 is 23.1 Å². The van der Waals surface area contributed by atoms with Crippen LogP contribution in [0.15, 0.2) is 39.8 Å². The Balaban J connectivity index is 1.48. The molecule has 4 rings (SSSR count). The minimum absolute atomic E-state index is 0.0181. The number of fused-ring (bicyclic) bond motifs is 1. The first kappa shape index (κ1) is 18.2. The summed E-state index contributed by atoms with van der Waals surface area (Å²) in [5.41, 5.74) is 1.99. The van der Waals surface area contributed by atoms with Crippen molar-refractivity contribution in [2.75, 3.05) is 17.7 Å². The average molecular weight is 402 g/mol. The van der Waals surface area contributed by atoms with Gasteiger partial charge in [-0.25, -0.2) is 0 Å². The van der Waals surface area contributed by atoms with E-state index in [1.807, 2.05) is 30.3 Å². The molecule has 3 aromatic rings. The molecule has 3 heterocycles. The van der Waals surface area contributed by atoms with E-state index in [1.54, 1.807) is 18.7 Å². The molecule has 0 aliphatic carbocycles. The minimum atomic E-state index is -0.0181. The fourth-order valence-electron chi connectivity index (χ4n) is 2.91. The maximum atomic E-state index is 12.5. The van der Waals surface area contributed by atoms with Crippen LogP contribution in [0.4, 0.5) is 5.00 Å². The molecule has 1 aliphatic rings. The molecule has 27 heavy (non-hydrogen) atoms. The summed E-state index contributed by atoms with van der Waals surface area (Å²) in [6, 6.07) is 10.1. The largest absolute Gasteiger partial charge is 0.376 e. The Morgan fingerprint density at radius 3 is 2.96 bits per heavy atom. The average Bonchev–Trinajstić information content (AvgIpc) is 3.25. The maximum absolute atomic E-state index is 12.5. The normalized spacial score (nSPS) is 13.4. The number of hydrogen-bond acceptors (Lipinski definition) is 7. The van der Waals surface area contributed by atoms with Gasteiger partial charge < -0.3 is 14.6 Å². The topological polar surface area (TPSA) is 77.2 Å². The second-order valence-corrected chi connectivity index (χ2v) is 8.39. The summed E-state index contributed by atoms with van der Waals surface area (Å²) in [4.78, 5) is 19.1. The molecular weight excluding hydrogens is 382 g/mol. The van der Waals surface area contributed by atoms with E-state index in [-0.39, 0.29) is 5.91 Å². The molecule has 2 aromatic heterocycles. The Morgan fingerprint density at radius 2 is 2.19 bits per heavy atom. The lowest BCUT2D eigenvalue weighted by Crippen LogP contribution is -2.12. The number of carbonyl (C=O) groups is 1. The zero-order valence-corrected chi connectivity index (χ0v) is 16.5. The number of nitrogens with zero attached hydrogens (tertiary/aromatic N) is 2. The summed E-state index contributed by atoms with van der Waals surface area (Å²) >= 11 is 3.20. The van der Waals surface area contributed by atoms with E-state index < -0.39 is 0 Å². The third kappa shape index (κ3) is 4.23. The first-order chi connectivity index (χ1) is 13.2. The number of aryl methyl sites for hydroxylation is 1. The molecule has 0 unspecified atom stereocenters. The first-order valence-electron chi connectivity index (χ1n) is 8.71. The van der Waals surface area contributed by atoms with Gasteiger partial charge in [-0.1, -0.05) is 23.4 Å². The Kier molecular flexibility index (Phi) is 5.56. The van der Waals surface area contributed by atoms with E-state index in [4.69, 9.17) is 9.26 Å². The van der Waals surface area contributed by atoms with Crippen molar-refractivity contribution >= 4 is 34.0 Å². The van der Waals surface area contributed by atoms with Gasteiger partial charge in [-0.2, -0.15) is 4.98 Å². The smallest absolute Gasteiger partial charge is 0.261 e. The fourth-order valence-corrected chi connectivity index (χ4v) is 4.98. The van der Waals surface area contributed by atoms with Gasteiger partial charge >= 0.3 is 0 Å². The molecular formula is C19H19N3O3S2. The highest BCUT2D eigenvalue weighted by Crippen LogP contribution is 2.42. The molecule has 140 valence electrons. The molecule has 6 nitrogen and oxygen atoms in total. The highest BCUT2D eigenvalue weighted by molar-refractivity contribution is 7.99. The predicted octanol–water partition coefficient (Wildman–Crippen LogP) is 4.30. The van der Waals surface area contributed by atoms with E-state index >= 15 is 0 Å². The number of amides is 1. The van der Waals surface area contributed by atoms with Gasteiger partial charge in [-0.05, 0) is 31.0 Å². The predicted molar refractivity (Wildman–Crippen MR) is 106 cm³/mol. The molecule has 0 atom stereocenters. The number of thioether (sulfide) groups is 1. The summed E-state index contributed by atoms with van der Waals surface area (Å²) < 4.78 is 10.9. The van der Waals surface area contributed by atoms with Gasteiger partial charge in [0.1, 0.15) is 5.00 Å². The fraction of sp³-hybridized carbons (Fsp3) is 0.316. The molecule has 0 spiro atoms. The van der Waals surface area contributed by atoms with Gasteiger partial charge in [-0.15, -0.1) is 23.1 Å². The number of benzene rings is 1. The quantitative estimate of drug-likeness (QED) is 0.621. The van der Waals surface area contributed by atoms with Crippen LogP contribution in [-0.2, 0) is 22.6 Å². The van der Waals surface area contributed by atoms with Gasteiger partial charge in [0.25, 0.3) is 5.89 Å². The van der Waals surface area contributed by atoms with Crippen molar-refractivity contribution in [3.8, 4) is 11.5 Å². The molecule has 0 saturated carbocycles. The van der Waals surface area contributed by atoms with Crippen molar-refractivity contribution < 1.29 is 14.1 Å². The number of carbonyl (C=O) groups excluding carboxylic acids is 1. The lowest BCUT2D eigenvalue weighted by Gasteiger charge is -2.12. The Labute approximate surface area is 165 Å². The summed E-state index contributed by atoms with van der Waals surface area (Å²) in [7, 11) is 0. The molecule has 0 saturated heterocycles. The molecule has 0 radical (unpaired) electrons. The van der Waals surface area contributed by atoms with Gasteiger partial charge in [0, 0.05) is 21.9 Å². The highest BCUT2D eigenvalue weighted by Gasteiger charge is 2.26. The van der Waals surface area contributed by atoms with Crippen molar-refractivity contribution in [3.05, 3.63) is 46.6 Å². The first-order valence-corrected chi connectivity index (χ1v) is 10.5. The number of aromatic nitrogens is 2. The van der Waals surface area contributed by atoms with Crippen molar-refractivity contribution in [2.24, 2.45) is 0 Å². The van der Waals surface area contributed by atoms with Gasteiger partial charge in [-0.3, -0.25) is 4.79 Å². The molecule has 1 amide bonds. The Hall–Kier alpha value is -2.16. The van der Waals surface area contributed by atoms with Crippen molar-refractivity contribution in [1.29, 1.82) is 0 Å². The van der Waals surface area contributed by atoms with Crippen LogP contribution in [0.5, 0.6) is 0 Å². The highest BCUT2D eigenvalue weighted by atomic mass is 32.2. The van der Waals surface area contributed by atoms with Crippen LogP contribution < -0.4 is 5.32 Å². The molecule has 1 aromatic carbocycles. The van der Waals surface area contributed by atoms with Crippen LogP contribution in [0, 0.1) is 6.92 Å². The second kappa shape index (κ2) is 8.24. The van der Waals surface area contributed by atoms with E-state index in [0.717, 1.165) is 38.1 Å². The van der Waals surface area contributed by atoms with Gasteiger partial charge in [0.15, 0.2) is 5.82 Å². The molecule has 1 aliphatic heterocycles. The summed E-state index contributed by atoms with van der Waals surface area (Å²) in [5.74, 6) is 1.74. The van der Waals surface area contributed by atoms with E-state index in [9.17, 15) is 4.79 Å². The van der Waals surface area contributed by atoms with Gasteiger partial charge in [0.2, 0.25) is 5.91 Å². The van der Waals surface area contributed by atoms with Crippen LogP contribution in [-0.4, -0.2) is 28.4 Å². The van der Waals surface area contributed by atoms with Crippen LogP contribution in [0.3, 0.4) is 0 Å². The zero-order valence-electron chi connectivity index (χ0n) is 14.9. The van der Waals surface area contributed by atoms with Crippen LogP contribution in [0.1, 0.15) is 22.7 Å². The second-order valence-electron chi connectivity index (χ2n) is 6.12. The van der Waals surface area contributed by atoms with Crippen LogP contribution in [0.25, 0.3) is 11.5 Å². The lowest BCUT2D eigenvalue weighted by atomic mass is 10.1. The number of anilines is 1. The third-order valence-electron chi connectivity index (χ3n) is 4.16. The molecule has 8 heteroatoms. The summed E-state index contributed by atoms with van der Waals surface area (Å²) in [6.07, 6.45) is 1.21. The van der Waals surface area contributed by atoms with Gasteiger partial charge in [0.05, 0.1) is 18.8 Å². The Morgan fingerprint density at radius 1 is 1.33 bits per heavy atom. The third-order valence-corrected chi connectivity index (χ3v) is 6.29. The molecule has 0 fully saturated rings. The summed E-state index contributed by atoms with van der Waals surface area (Å²) in [5, 5.41) is 7.71. The summed E-state index contributed by atoms with van der Waals surface area (Å²) in [6.45, 7) is 3.00. The van der Waals surface area contributed by atoms with Crippen molar-refractivity contribution in [1.82, 2.24) is 10.1 Å². The number of nitrogens with one attached hydrogen (secondary N) is 1. The number of hydrogen-bond donors (Lipinski definition) is 1. The lowest BCUT2D eigenvalue weighted by molar-refractivity contribution is -0.115. The maximum Gasteiger partial charge on any atom is 0.261 e. The SMILES string of the molecule is Cc1noc(-c2c(NC(=O)CCSc3ccccc3)sc3c2CCOC3)n1. The molecule has 1 N–H and O–H groups in total. The van der Waals surface area contributed by atoms with E-state index in [0.29, 0.717) is 31.3 Å². The van der Waals surface area contributed by atoms with Crippen LogP contribution in [0.2, 0.25) is 0 Å². The number of rotatable bonds is 6. The Bertz CT molecular complexity index is 937.